The van der Waals surface area contributed by atoms with Crippen LogP contribution in [0.3, 0.4) is 0 Å². The monoisotopic (exact) mass is 235 g/mol. The molecule has 0 saturated carbocycles. The minimum Gasteiger partial charge on any atom is -0.496 e. The van der Waals surface area contributed by atoms with Gasteiger partial charge in [-0.05, 0) is 43.5 Å². The van der Waals surface area contributed by atoms with Gasteiger partial charge in [0.1, 0.15) is 5.75 Å². The lowest BCUT2D eigenvalue weighted by atomic mass is 10.1. The van der Waals surface area contributed by atoms with Gasteiger partial charge in [-0.1, -0.05) is 13.8 Å². The van der Waals surface area contributed by atoms with Gasteiger partial charge in [-0.3, -0.25) is 4.79 Å². The second-order valence-electron chi connectivity index (χ2n) is 4.17. The summed E-state index contributed by atoms with van der Waals surface area (Å²) in [5.74, 6) is 0.800. The highest BCUT2D eigenvalue weighted by Crippen LogP contribution is 2.18. The molecule has 0 heterocycles. The molecular formula is C14H21NO2. The summed E-state index contributed by atoms with van der Waals surface area (Å²) in [7, 11) is 1.63. The normalized spacial score (nSPS) is 10.4. The summed E-state index contributed by atoms with van der Waals surface area (Å²) in [5.41, 5.74) is 1.67. The molecule has 0 aliphatic heterocycles. The summed E-state index contributed by atoms with van der Waals surface area (Å²) in [5, 5.41) is 3.02. The molecule has 1 rings (SSSR count). The molecule has 0 fully saturated rings. The zero-order valence-electron chi connectivity index (χ0n) is 11.0. The van der Waals surface area contributed by atoms with Crippen molar-refractivity contribution in [3.05, 3.63) is 29.3 Å². The van der Waals surface area contributed by atoms with Crippen LogP contribution in [-0.4, -0.2) is 19.1 Å². The fraction of sp³-hybridized carbons (Fsp3) is 0.500. The lowest BCUT2D eigenvalue weighted by Gasteiger charge is -2.15. The van der Waals surface area contributed by atoms with Crippen LogP contribution in [0.1, 0.15) is 42.6 Å². The number of rotatable bonds is 5. The summed E-state index contributed by atoms with van der Waals surface area (Å²) < 4.78 is 5.17. The SMILES string of the molecule is CCC(CC)NC(=O)c1ccc(OC)c(C)c1. The predicted octanol–water partition coefficient (Wildman–Crippen LogP) is 2.92. The fourth-order valence-corrected chi connectivity index (χ4v) is 1.78. The molecule has 3 nitrogen and oxygen atoms in total. The van der Waals surface area contributed by atoms with Gasteiger partial charge in [0.2, 0.25) is 0 Å². The second kappa shape index (κ2) is 6.28. The third-order valence-electron chi connectivity index (χ3n) is 2.98. The van der Waals surface area contributed by atoms with Crippen molar-refractivity contribution in [3.63, 3.8) is 0 Å². The Morgan fingerprint density at radius 3 is 2.47 bits per heavy atom. The average Bonchev–Trinajstić information content (AvgIpc) is 2.35. The molecule has 1 aromatic carbocycles. The lowest BCUT2D eigenvalue weighted by molar-refractivity contribution is 0.0934. The van der Waals surface area contributed by atoms with Gasteiger partial charge in [0, 0.05) is 11.6 Å². The number of carbonyl (C=O) groups excluding carboxylic acids is 1. The van der Waals surface area contributed by atoms with Crippen molar-refractivity contribution in [2.24, 2.45) is 0 Å². The van der Waals surface area contributed by atoms with E-state index >= 15 is 0 Å². The molecule has 0 bridgehead atoms. The molecule has 0 aliphatic rings. The Morgan fingerprint density at radius 2 is 2.00 bits per heavy atom. The molecule has 0 aliphatic carbocycles. The number of aryl methyl sites for hydroxylation is 1. The van der Waals surface area contributed by atoms with Crippen LogP contribution in [0.4, 0.5) is 0 Å². The summed E-state index contributed by atoms with van der Waals surface area (Å²) >= 11 is 0. The van der Waals surface area contributed by atoms with E-state index in [4.69, 9.17) is 4.74 Å². The fourth-order valence-electron chi connectivity index (χ4n) is 1.78. The number of ether oxygens (including phenoxy) is 1. The number of methoxy groups -OCH3 is 1. The first kappa shape index (κ1) is 13.6. The van der Waals surface area contributed by atoms with Crippen LogP contribution in [0.15, 0.2) is 18.2 Å². The smallest absolute Gasteiger partial charge is 0.251 e. The quantitative estimate of drug-likeness (QED) is 0.852. The molecule has 0 atom stereocenters. The molecule has 3 heteroatoms. The van der Waals surface area contributed by atoms with Crippen molar-refractivity contribution in [3.8, 4) is 5.75 Å². The van der Waals surface area contributed by atoms with E-state index in [-0.39, 0.29) is 11.9 Å². The minimum absolute atomic E-state index is 0.00977. The zero-order valence-corrected chi connectivity index (χ0v) is 11.0. The molecule has 0 unspecified atom stereocenters. The topological polar surface area (TPSA) is 38.3 Å². The van der Waals surface area contributed by atoms with Crippen LogP contribution in [0.2, 0.25) is 0 Å². The summed E-state index contributed by atoms with van der Waals surface area (Å²) in [6, 6.07) is 5.74. The highest BCUT2D eigenvalue weighted by molar-refractivity contribution is 5.94. The molecule has 94 valence electrons. The standard InChI is InChI=1S/C14H21NO2/c1-5-12(6-2)15-14(16)11-7-8-13(17-4)10(3)9-11/h7-9,12H,5-6H2,1-4H3,(H,15,16). The van der Waals surface area contributed by atoms with Gasteiger partial charge >= 0.3 is 0 Å². The van der Waals surface area contributed by atoms with Crippen LogP contribution in [0.5, 0.6) is 5.75 Å². The van der Waals surface area contributed by atoms with Crippen molar-refractivity contribution in [1.29, 1.82) is 0 Å². The van der Waals surface area contributed by atoms with Crippen molar-refractivity contribution in [2.45, 2.75) is 39.7 Å². The first-order chi connectivity index (χ1) is 8.12. The van der Waals surface area contributed by atoms with Crippen LogP contribution in [0, 0.1) is 6.92 Å². The van der Waals surface area contributed by atoms with E-state index in [2.05, 4.69) is 19.2 Å². The summed E-state index contributed by atoms with van der Waals surface area (Å²) in [4.78, 5) is 12.0. The number of hydrogen-bond donors (Lipinski definition) is 1. The Bertz CT molecular complexity index is 384. The van der Waals surface area contributed by atoms with E-state index in [1.807, 2.05) is 19.1 Å². The maximum atomic E-state index is 12.0. The predicted molar refractivity (Wildman–Crippen MR) is 69.6 cm³/mol. The van der Waals surface area contributed by atoms with Gasteiger partial charge in [-0.15, -0.1) is 0 Å². The molecule has 1 amide bonds. The molecule has 0 aromatic heterocycles. The Labute approximate surface area is 103 Å². The largest absolute Gasteiger partial charge is 0.496 e. The maximum absolute atomic E-state index is 12.0. The number of carbonyl (C=O) groups is 1. The Hall–Kier alpha value is -1.51. The van der Waals surface area contributed by atoms with Gasteiger partial charge < -0.3 is 10.1 Å². The molecule has 17 heavy (non-hydrogen) atoms. The molecule has 0 saturated heterocycles. The van der Waals surface area contributed by atoms with Crippen molar-refractivity contribution < 1.29 is 9.53 Å². The maximum Gasteiger partial charge on any atom is 0.251 e. The molecule has 0 radical (unpaired) electrons. The van der Waals surface area contributed by atoms with Crippen LogP contribution >= 0.6 is 0 Å². The van der Waals surface area contributed by atoms with Gasteiger partial charge in [0.25, 0.3) is 5.91 Å². The third kappa shape index (κ3) is 3.48. The van der Waals surface area contributed by atoms with E-state index in [0.717, 1.165) is 24.2 Å². The van der Waals surface area contributed by atoms with Crippen molar-refractivity contribution >= 4 is 5.91 Å². The Morgan fingerprint density at radius 1 is 1.35 bits per heavy atom. The van der Waals surface area contributed by atoms with Crippen molar-refractivity contribution in [1.82, 2.24) is 5.32 Å². The van der Waals surface area contributed by atoms with Gasteiger partial charge in [0.05, 0.1) is 7.11 Å². The minimum atomic E-state index is -0.00977. The van der Waals surface area contributed by atoms with E-state index in [9.17, 15) is 4.79 Å². The van der Waals surface area contributed by atoms with Crippen LogP contribution in [0.25, 0.3) is 0 Å². The number of benzene rings is 1. The summed E-state index contributed by atoms with van der Waals surface area (Å²) in [6.07, 6.45) is 1.91. The number of hydrogen-bond acceptors (Lipinski definition) is 2. The van der Waals surface area contributed by atoms with E-state index in [1.54, 1.807) is 13.2 Å². The van der Waals surface area contributed by atoms with Crippen LogP contribution in [-0.2, 0) is 0 Å². The van der Waals surface area contributed by atoms with Gasteiger partial charge in [-0.25, -0.2) is 0 Å². The average molecular weight is 235 g/mol. The zero-order chi connectivity index (χ0) is 12.8. The molecule has 1 aromatic rings. The lowest BCUT2D eigenvalue weighted by Crippen LogP contribution is -2.33. The highest BCUT2D eigenvalue weighted by Gasteiger charge is 2.11. The van der Waals surface area contributed by atoms with Crippen LogP contribution < -0.4 is 10.1 Å². The van der Waals surface area contributed by atoms with E-state index in [1.165, 1.54) is 0 Å². The van der Waals surface area contributed by atoms with Gasteiger partial charge in [-0.2, -0.15) is 0 Å². The number of amides is 1. The van der Waals surface area contributed by atoms with E-state index < -0.39 is 0 Å². The first-order valence-electron chi connectivity index (χ1n) is 6.07. The van der Waals surface area contributed by atoms with Gasteiger partial charge in [0.15, 0.2) is 0 Å². The Kier molecular flexibility index (Phi) is 5.01. The van der Waals surface area contributed by atoms with Crippen molar-refractivity contribution in [2.75, 3.05) is 7.11 Å². The highest BCUT2D eigenvalue weighted by atomic mass is 16.5. The molecular weight excluding hydrogens is 214 g/mol. The third-order valence-corrected chi connectivity index (χ3v) is 2.98. The number of nitrogens with one attached hydrogen (secondary N) is 1. The summed E-state index contributed by atoms with van der Waals surface area (Å²) in [6.45, 7) is 6.09. The molecule has 0 spiro atoms. The van der Waals surface area contributed by atoms with E-state index in [0.29, 0.717) is 5.56 Å². The Balaban J connectivity index is 2.79. The second-order valence-corrected chi connectivity index (χ2v) is 4.17. The first-order valence-corrected chi connectivity index (χ1v) is 6.07. The molecule has 1 N–H and O–H groups in total.